The van der Waals surface area contributed by atoms with Gasteiger partial charge in [0.2, 0.25) is 0 Å². The molecular weight excluding hydrogens is 360 g/mol. The number of allylic oxidation sites excluding steroid dienone is 2. The van der Waals surface area contributed by atoms with Crippen molar-refractivity contribution >= 4 is 23.0 Å². The topological polar surface area (TPSA) is 77.0 Å². The Kier molecular flexibility index (Phi) is 5.87. The molecule has 0 aromatic heterocycles. The van der Waals surface area contributed by atoms with Crippen LogP contribution < -0.4 is 16.0 Å². The lowest BCUT2D eigenvalue weighted by atomic mass is 9.94. The lowest BCUT2D eigenvalue weighted by Gasteiger charge is -2.12. The quantitative estimate of drug-likeness (QED) is 0.343. The highest BCUT2D eigenvalue weighted by atomic mass is 16.2. The minimum atomic E-state index is -0.150. The zero-order chi connectivity index (χ0) is 21.1. The van der Waals surface area contributed by atoms with Crippen molar-refractivity contribution in [2.24, 2.45) is 0 Å². The second-order valence-corrected chi connectivity index (χ2v) is 7.33. The van der Waals surface area contributed by atoms with Crippen molar-refractivity contribution < 1.29 is 4.79 Å². The van der Waals surface area contributed by atoms with Gasteiger partial charge in [0.15, 0.2) is 0 Å². The fourth-order valence-corrected chi connectivity index (χ4v) is 3.50. The van der Waals surface area contributed by atoms with Crippen molar-refractivity contribution in [1.29, 1.82) is 5.41 Å². The number of amides is 1. The first-order chi connectivity index (χ1) is 13.8. The van der Waals surface area contributed by atoms with Gasteiger partial charge < -0.3 is 16.0 Å². The monoisotopic (exact) mass is 388 g/mol. The molecular formula is C24H28N4O. The zero-order valence-corrected chi connectivity index (χ0v) is 17.7. The molecule has 2 aromatic carbocycles. The molecule has 0 atom stereocenters. The smallest absolute Gasteiger partial charge is 0.258 e. The lowest BCUT2D eigenvalue weighted by Crippen LogP contribution is -2.22. The summed E-state index contributed by atoms with van der Waals surface area (Å²) in [7, 11) is 1.81. The zero-order valence-electron chi connectivity index (χ0n) is 17.7. The van der Waals surface area contributed by atoms with Crippen molar-refractivity contribution in [1.82, 2.24) is 10.6 Å². The number of anilines is 1. The Morgan fingerprint density at radius 3 is 2.59 bits per heavy atom. The van der Waals surface area contributed by atoms with Gasteiger partial charge in [-0.15, -0.1) is 0 Å². The minimum absolute atomic E-state index is 0.150. The normalized spacial score (nSPS) is 14.9. The van der Waals surface area contributed by atoms with Gasteiger partial charge in [0, 0.05) is 29.7 Å². The molecule has 0 saturated carbocycles. The number of aryl methyl sites for hydroxylation is 2. The van der Waals surface area contributed by atoms with Gasteiger partial charge in [-0.1, -0.05) is 31.2 Å². The summed E-state index contributed by atoms with van der Waals surface area (Å²) in [6.45, 7) is 7.97. The van der Waals surface area contributed by atoms with Gasteiger partial charge >= 0.3 is 0 Å². The van der Waals surface area contributed by atoms with Crippen LogP contribution in [0.15, 0.2) is 53.9 Å². The molecule has 4 N–H and O–H groups in total. The van der Waals surface area contributed by atoms with Gasteiger partial charge in [0.25, 0.3) is 5.91 Å². The van der Waals surface area contributed by atoms with Gasteiger partial charge in [-0.2, -0.15) is 0 Å². The summed E-state index contributed by atoms with van der Waals surface area (Å²) in [5.74, 6) is 0.0778. The van der Waals surface area contributed by atoms with Crippen LogP contribution in [-0.2, 0) is 11.2 Å². The molecule has 5 nitrogen and oxygen atoms in total. The first kappa shape index (κ1) is 20.4. The summed E-state index contributed by atoms with van der Waals surface area (Å²) in [5.41, 5.74) is 8.51. The number of fused-ring (bicyclic) bond motifs is 1. The van der Waals surface area contributed by atoms with Crippen LogP contribution >= 0.6 is 0 Å². The maximum Gasteiger partial charge on any atom is 0.258 e. The Balaban J connectivity index is 2.03. The van der Waals surface area contributed by atoms with Crippen LogP contribution in [0.1, 0.15) is 37.5 Å². The Labute approximate surface area is 172 Å². The number of carbonyl (C=O) groups is 1. The van der Waals surface area contributed by atoms with Gasteiger partial charge in [-0.25, -0.2) is 0 Å². The standard InChI is InChI=1S/C24H28N4O/c1-6-17-8-7-14(2)19(12-17)18-9-10-21-20(13-18)23(24(29)28-21)16(4)27-22(25)11-15(3)26-5/h7-13,26H,6H2,1-5H3,(H2,25,27)(H,28,29)/b15-11-,23-16-. The molecule has 0 fully saturated rings. The fraction of sp³-hybridized carbons (Fsp3) is 0.250. The van der Waals surface area contributed by atoms with Crippen LogP contribution in [0.4, 0.5) is 5.69 Å². The van der Waals surface area contributed by atoms with E-state index >= 15 is 0 Å². The Bertz CT molecular complexity index is 1050. The Morgan fingerprint density at radius 1 is 1.14 bits per heavy atom. The van der Waals surface area contributed by atoms with E-state index in [1.165, 1.54) is 16.7 Å². The average Bonchev–Trinajstić information content (AvgIpc) is 3.03. The highest BCUT2D eigenvalue weighted by Crippen LogP contribution is 2.37. The van der Waals surface area contributed by atoms with E-state index in [0.717, 1.165) is 28.9 Å². The van der Waals surface area contributed by atoms with E-state index in [1.807, 2.05) is 33.0 Å². The maximum absolute atomic E-state index is 12.6. The van der Waals surface area contributed by atoms with Crippen LogP contribution in [-0.4, -0.2) is 18.8 Å². The summed E-state index contributed by atoms with van der Waals surface area (Å²) in [4.78, 5) is 12.6. The van der Waals surface area contributed by atoms with Crippen LogP contribution in [0.2, 0.25) is 0 Å². The van der Waals surface area contributed by atoms with E-state index < -0.39 is 0 Å². The molecule has 0 bridgehead atoms. The van der Waals surface area contributed by atoms with Crippen LogP contribution in [0, 0.1) is 12.3 Å². The van der Waals surface area contributed by atoms with Gasteiger partial charge in [0.05, 0.1) is 5.57 Å². The summed E-state index contributed by atoms with van der Waals surface area (Å²) >= 11 is 0. The Morgan fingerprint density at radius 2 is 1.90 bits per heavy atom. The first-order valence-electron chi connectivity index (χ1n) is 9.82. The van der Waals surface area contributed by atoms with Crippen LogP contribution in [0.5, 0.6) is 0 Å². The predicted molar refractivity (Wildman–Crippen MR) is 121 cm³/mol. The number of hydrogen-bond acceptors (Lipinski definition) is 3. The molecule has 1 amide bonds. The highest BCUT2D eigenvalue weighted by Gasteiger charge is 2.27. The van der Waals surface area contributed by atoms with E-state index in [2.05, 4.69) is 54.1 Å². The molecule has 150 valence electrons. The van der Waals surface area contributed by atoms with Crippen LogP contribution in [0.3, 0.4) is 0 Å². The third-order valence-electron chi connectivity index (χ3n) is 5.24. The van der Waals surface area contributed by atoms with E-state index in [9.17, 15) is 4.79 Å². The summed E-state index contributed by atoms with van der Waals surface area (Å²) in [5, 5.41) is 17.1. The molecule has 5 heteroatoms. The summed E-state index contributed by atoms with van der Waals surface area (Å²) in [6.07, 6.45) is 2.67. The predicted octanol–water partition coefficient (Wildman–Crippen LogP) is 4.60. The number of nitrogens with one attached hydrogen (secondary N) is 4. The third-order valence-corrected chi connectivity index (χ3v) is 5.24. The van der Waals surface area contributed by atoms with E-state index in [0.29, 0.717) is 11.3 Å². The second-order valence-electron chi connectivity index (χ2n) is 7.33. The maximum atomic E-state index is 12.6. The molecule has 0 radical (unpaired) electrons. The molecule has 0 saturated heterocycles. The summed E-state index contributed by atoms with van der Waals surface area (Å²) < 4.78 is 0. The largest absolute Gasteiger partial charge is 0.392 e. The molecule has 1 aliphatic rings. The van der Waals surface area contributed by atoms with Crippen molar-refractivity contribution in [2.45, 2.75) is 34.1 Å². The number of carbonyl (C=O) groups excluding carboxylic acids is 1. The van der Waals surface area contributed by atoms with E-state index in [4.69, 9.17) is 5.41 Å². The SMILES string of the molecule is CCc1ccc(C)c(-c2ccc3c(c2)/C(=C(\C)NC(=N)/C=C(/C)NC)C(=O)N3)c1. The third kappa shape index (κ3) is 4.24. The van der Waals surface area contributed by atoms with Crippen LogP contribution in [0.25, 0.3) is 16.7 Å². The van der Waals surface area contributed by atoms with Crippen molar-refractivity contribution in [3.8, 4) is 11.1 Å². The molecule has 1 aliphatic heterocycles. The van der Waals surface area contributed by atoms with E-state index in [1.54, 1.807) is 6.08 Å². The first-order valence-corrected chi connectivity index (χ1v) is 9.82. The number of rotatable bonds is 5. The Hall–Kier alpha value is -3.34. The average molecular weight is 389 g/mol. The molecule has 0 aliphatic carbocycles. The molecule has 3 rings (SSSR count). The molecule has 0 unspecified atom stereocenters. The van der Waals surface area contributed by atoms with Crippen molar-refractivity contribution in [3.63, 3.8) is 0 Å². The minimum Gasteiger partial charge on any atom is -0.392 e. The van der Waals surface area contributed by atoms with Crippen molar-refractivity contribution in [2.75, 3.05) is 12.4 Å². The van der Waals surface area contributed by atoms with Gasteiger partial charge in [-0.3, -0.25) is 10.2 Å². The summed E-state index contributed by atoms with van der Waals surface area (Å²) in [6, 6.07) is 12.6. The fourth-order valence-electron chi connectivity index (χ4n) is 3.50. The van der Waals surface area contributed by atoms with Crippen molar-refractivity contribution in [3.05, 3.63) is 70.6 Å². The number of amidine groups is 1. The number of hydrogen-bond donors (Lipinski definition) is 4. The molecule has 29 heavy (non-hydrogen) atoms. The van der Waals surface area contributed by atoms with Gasteiger partial charge in [0.1, 0.15) is 5.84 Å². The molecule has 2 aromatic rings. The van der Waals surface area contributed by atoms with Gasteiger partial charge in [-0.05, 0) is 67.7 Å². The number of benzene rings is 2. The molecule has 0 spiro atoms. The lowest BCUT2D eigenvalue weighted by molar-refractivity contribution is -0.110. The molecule has 1 heterocycles. The highest BCUT2D eigenvalue weighted by molar-refractivity contribution is 6.32. The second kappa shape index (κ2) is 8.35. The van der Waals surface area contributed by atoms with E-state index in [-0.39, 0.29) is 11.7 Å².